The fourth-order valence-corrected chi connectivity index (χ4v) is 4.96. The van der Waals surface area contributed by atoms with Crippen LogP contribution in [0.1, 0.15) is 40.8 Å². The Balaban J connectivity index is 1.75. The molecule has 0 fully saturated rings. The summed E-state index contributed by atoms with van der Waals surface area (Å²) >= 11 is 0. The van der Waals surface area contributed by atoms with E-state index in [-0.39, 0.29) is 11.9 Å². The van der Waals surface area contributed by atoms with E-state index >= 15 is 0 Å². The zero-order chi connectivity index (χ0) is 24.1. The van der Waals surface area contributed by atoms with Crippen LogP contribution in [0.15, 0.2) is 66.7 Å². The highest BCUT2D eigenvalue weighted by Crippen LogP contribution is 2.43. The Labute approximate surface area is 201 Å². The lowest BCUT2D eigenvalue weighted by atomic mass is 9.86. The lowest BCUT2D eigenvalue weighted by Gasteiger charge is -2.41. The number of rotatable bonds is 9. The zero-order valence-corrected chi connectivity index (χ0v) is 20.0. The van der Waals surface area contributed by atoms with Crippen molar-refractivity contribution in [1.82, 2.24) is 4.90 Å². The summed E-state index contributed by atoms with van der Waals surface area (Å²) in [6, 6.07) is 21.5. The van der Waals surface area contributed by atoms with Gasteiger partial charge in [0.25, 0.3) is 0 Å². The van der Waals surface area contributed by atoms with Crippen LogP contribution in [0.5, 0.6) is 17.2 Å². The van der Waals surface area contributed by atoms with Gasteiger partial charge in [0.2, 0.25) is 5.91 Å². The van der Waals surface area contributed by atoms with E-state index in [0.717, 1.165) is 41.9 Å². The second-order valence-corrected chi connectivity index (χ2v) is 8.52. The third kappa shape index (κ3) is 4.87. The zero-order valence-electron chi connectivity index (χ0n) is 20.0. The van der Waals surface area contributed by atoms with Crippen molar-refractivity contribution in [2.75, 3.05) is 27.9 Å². The number of carbonyl (C=O) groups is 1. The first kappa shape index (κ1) is 23.6. The van der Waals surface area contributed by atoms with Crippen LogP contribution in [0.25, 0.3) is 0 Å². The van der Waals surface area contributed by atoms with Crippen molar-refractivity contribution in [3.8, 4) is 17.2 Å². The summed E-state index contributed by atoms with van der Waals surface area (Å²) in [5.74, 6) is 1.89. The van der Waals surface area contributed by atoms with Crippen LogP contribution in [0, 0.1) is 0 Å². The first-order chi connectivity index (χ1) is 16.5. The summed E-state index contributed by atoms with van der Waals surface area (Å²) in [5.41, 5.74) is 10.4. The number of nitrogens with two attached hydrogens (primary N) is 1. The summed E-state index contributed by atoms with van der Waals surface area (Å²) in [4.78, 5) is 15.0. The van der Waals surface area contributed by atoms with Crippen LogP contribution in [-0.4, -0.2) is 38.7 Å². The highest BCUT2D eigenvalue weighted by molar-refractivity contribution is 5.81. The number of nitrogens with zero attached hydrogens (tertiary/aromatic N) is 1. The molecule has 0 saturated carbocycles. The van der Waals surface area contributed by atoms with Gasteiger partial charge in [-0.05, 0) is 65.8 Å². The van der Waals surface area contributed by atoms with Gasteiger partial charge in [0.1, 0.15) is 11.8 Å². The smallest absolute Gasteiger partial charge is 0.239 e. The van der Waals surface area contributed by atoms with Crippen LogP contribution in [0.4, 0.5) is 0 Å². The number of fused-ring (bicyclic) bond motifs is 1. The average molecular weight is 461 g/mol. The summed E-state index contributed by atoms with van der Waals surface area (Å²) in [6.07, 6.45) is 2.43. The molecular weight excluding hydrogens is 428 g/mol. The van der Waals surface area contributed by atoms with Gasteiger partial charge >= 0.3 is 0 Å². The first-order valence-corrected chi connectivity index (χ1v) is 11.5. The number of aryl methyl sites for hydroxylation is 1. The number of methoxy groups -OCH3 is 3. The quantitative estimate of drug-likeness (QED) is 0.510. The number of ether oxygens (including phenoxy) is 3. The third-order valence-corrected chi connectivity index (χ3v) is 6.60. The molecule has 1 aliphatic heterocycles. The molecule has 6 nitrogen and oxygen atoms in total. The van der Waals surface area contributed by atoms with E-state index in [2.05, 4.69) is 29.2 Å². The Hall–Kier alpha value is -3.51. The van der Waals surface area contributed by atoms with Gasteiger partial charge < -0.3 is 19.9 Å². The van der Waals surface area contributed by atoms with Gasteiger partial charge in [-0.15, -0.1) is 0 Å². The Morgan fingerprint density at radius 3 is 2.38 bits per heavy atom. The number of primary amides is 1. The topological polar surface area (TPSA) is 74.0 Å². The maximum atomic E-state index is 12.8. The van der Waals surface area contributed by atoms with E-state index in [1.165, 1.54) is 11.1 Å². The maximum absolute atomic E-state index is 12.8. The number of carbonyl (C=O) groups excluding carboxylic acids is 1. The molecule has 0 bridgehead atoms. The predicted octanol–water partition coefficient (Wildman–Crippen LogP) is 4.47. The third-order valence-electron chi connectivity index (χ3n) is 6.60. The number of benzene rings is 3. The lowest BCUT2D eigenvalue weighted by Crippen LogP contribution is -2.44. The van der Waals surface area contributed by atoms with Crippen molar-refractivity contribution in [1.29, 1.82) is 0 Å². The monoisotopic (exact) mass is 460 g/mol. The Morgan fingerprint density at radius 1 is 0.971 bits per heavy atom. The molecular formula is C28H32N2O4. The number of hydrogen-bond donors (Lipinski definition) is 1. The maximum Gasteiger partial charge on any atom is 0.239 e. The van der Waals surface area contributed by atoms with Gasteiger partial charge in [-0.25, -0.2) is 0 Å². The molecule has 0 spiro atoms. The summed E-state index contributed by atoms with van der Waals surface area (Å²) in [6.45, 7) is 0.716. The van der Waals surface area contributed by atoms with Gasteiger partial charge in [-0.3, -0.25) is 9.69 Å². The minimum Gasteiger partial charge on any atom is -0.497 e. The van der Waals surface area contributed by atoms with Crippen molar-refractivity contribution in [2.24, 2.45) is 5.73 Å². The summed E-state index contributed by atoms with van der Waals surface area (Å²) in [5, 5.41) is 0. The Bertz CT molecular complexity index is 1130. The summed E-state index contributed by atoms with van der Waals surface area (Å²) in [7, 11) is 4.97. The van der Waals surface area contributed by atoms with Crippen LogP contribution in [0.3, 0.4) is 0 Å². The van der Waals surface area contributed by atoms with Gasteiger partial charge in [-0.1, -0.05) is 42.5 Å². The van der Waals surface area contributed by atoms with E-state index in [1.807, 2.05) is 42.5 Å². The molecule has 3 aromatic carbocycles. The van der Waals surface area contributed by atoms with Gasteiger partial charge in [0.15, 0.2) is 11.5 Å². The minimum absolute atomic E-state index is 0.0209. The van der Waals surface area contributed by atoms with Crippen molar-refractivity contribution < 1.29 is 19.0 Å². The van der Waals surface area contributed by atoms with Crippen molar-refractivity contribution >= 4 is 5.91 Å². The molecule has 0 aromatic heterocycles. The number of amides is 1. The molecule has 1 amide bonds. The molecule has 4 rings (SSSR count). The van der Waals surface area contributed by atoms with Crippen LogP contribution in [-0.2, 0) is 17.6 Å². The molecule has 34 heavy (non-hydrogen) atoms. The Morgan fingerprint density at radius 2 is 1.71 bits per heavy atom. The van der Waals surface area contributed by atoms with Crippen LogP contribution >= 0.6 is 0 Å². The molecule has 3 aromatic rings. The molecule has 0 radical (unpaired) electrons. The highest BCUT2D eigenvalue weighted by Gasteiger charge is 2.36. The van der Waals surface area contributed by atoms with Gasteiger partial charge in [-0.2, -0.15) is 0 Å². The van der Waals surface area contributed by atoms with Crippen LogP contribution in [0.2, 0.25) is 0 Å². The van der Waals surface area contributed by atoms with Crippen molar-refractivity contribution in [2.45, 2.75) is 31.3 Å². The first-order valence-electron chi connectivity index (χ1n) is 11.5. The van der Waals surface area contributed by atoms with E-state index in [0.29, 0.717) is 12.3 Å². The van der Waals surface area contributed by atoms with E-state index in [1.54, 1.807) is 21.3 Å². The van der Waals surface area contributed by atoms with Crippen molar-refractivity contribution in [3.05, 3.63) is 89.0 Å². The lowest BCUT2D eigenvalue weighted by molar-refractivity contribution is -0.124. The largest absolute Gasteiger partial charge is 0.497 e. The predicted molar refractivity (Wildman–Crippen MR) is 132 cm³/mol. The SMILES string of the molecule is COc1cccc(CCC2c3cc(OC)c(OC)cc3CCN2C(C(N)=O)c2ccccc2)c1. The highest BCUT2D eigenvalue weighted by atomic mass is 16.5. The fraction of sp³-hybridized carbons (Fsp3) is 0.321. The van der Waals surface area contributed by atoms with Crippen LogP contribution < -0.4 is 19.9 Å². The van der Waals surface area contributed by atoms with Crippen molar-refractivity contribution in [3.63, 3.8) is 0 Å². The second-order valence-electron chi connectivity index (χ2n) is 8.52. The normalized spacial score (nSPS) is 16.4. The molecule has 2 unspecified atom stereocenters. The molecule has 1 aliphatic rings. The second kappa shape index (κ2) is 10.6. The van der Waals surface area contributed by atoms with Gasteiger partial charge in [0, 0.05) is 12.6 Å². The minimum atomic E-state index is -0.516. The van der Waals surface area contributed by atoms with E-state index in [4.69, 9.17) is 19.9 Å². The number of hydrogen-bond acceptors (Lipinski definition) is 5. The fourth-order valence-electron chi connectivity index (χ4n) is 4.96. The molecule has 6 heteroatoms. The van der Waals surface area contributed by atoms with E-state index in [9.17, 15) is 4.79 Å². The standard InChI is InChI=1S/C28H32N2O4/c1-32-22-11-7-8-19(16-22)12-13-24-23-18-26(34-3)25(33-2)17-21(23)14-15-30(24)27(28(29)31)20-9-5-4-6-10-20/h4-11,16-18,24,27H,12-15H2,1-3H3,(H2,29,31). The summed E-state index contributed by atoms with van der Waals surface area (Å²) < 4.78 is 16.6. The molecule has 178 valence electrons. The molecule has 0 aliphatic carbocycles. The molecule has 2 atom stereocenters. The van der Waals surface area contributed by atoms with Gasteiger partial charge in [0.05, 0.1) is 21.3 Å². The molecule has 0 saturated heterocycles. The van der Waals surface area contributed by atoms with E-state index < -0.39 is 6.04 Å². The average Bonchev–Trinajstić information content (AvgIpc) is 2.87. The molecule has 2 N–H and O–H groups in total. The Kier molecular flexibility index (Phi) is 7.38. The molecule has 1 heterocycles.